The quantitative estimate of drug-likeness (QED) is 0.735. The average molecular weight is 241 g/mol. The van der Waals surface area contributed by atoms with Gasteiger partial charge in [0, 0.05) is 32.1 Å². The molecule has 1 saturated heterocycles. The Bertz CT molecular complexity index is 322. The fraction of sp³-hybridized carbons (Fsp3) is 0.833. The number of rotatable bonds is 3. The van der Waals surface area contributed by atoms with Crippen LogP contribution in [0.1, 0.15) is 33.6 Å². The highest BCUT2D eigenvalue weighted by Gasteiger charge is 2.41. The maximum atomic E-state index is 12.0. The van der Waals surface area contributed by atoms with Gasteiger partial charge in [-0.1, -0.05) is 0 Å². The lowest BCUT2D eigenvalue weighted by Gasteiger charge is -2.25. The molecule has 5 heteroatoms. The molecule has 0 saturated carbocycles. The van der Waals surface area contributed by atoms with Crippen LogP contribution in [0.3, 0.4) is 0 Å². The lowest BCUT2D eigenvalue weighted by Crippen LogP contribution is -2.43. The molecular formula is C12H23N3O2. The number of likely N-dealkylation sites (tertiary alicyclic amines) is 1. The smallest absolute Gasteiger partial charge is 0.227 e. The summed E-state index contributed by atoms with van der Waals surface area (Å²) in [5.41, 5.74) is 4.88. The molecule has 3 N–H and O–H groups in total. The van der Waals surface area contributed by atoms with Crippen LogP contribution >= 0.6 is 0 Å². The van der Waals surface area contributed by atoms with Crippen LogP contribution in [0.5, 0.6) is 0 Å². The van der Waals surface area contributed by atoms with Crippen molar-refractivity contribution in [1.29, 1.82) is 0 Å². The second-order valence-corrected chi connectivity index (χ2v) is 5.87. The van der Waals surface area contributed by atoms with Gasteiger partial charge in [-0.05, 0) is 27.2 Å². The molecule has 1 atom stereocenters. The second-order valence-electron chi connectivity index (χ2n) is 5.87. The summed E-state index contributed by atoms with van der Waals surface area (Å²) in [6.07, 6.45) is 1.03. The van der Waals surface area contributed by atoms with Gasteiger partial charge in [-0.2, -0.15) is 0 Å². The first-order valence-electron chi connectivity index (χ1n) is 5.97. The highest BCUT2D eigenvalue weighted by Crippen LogP contribution is 2.30. The third-order valence-electron chi connectivity index (χ3n) is 3.21. The van der Waals surface area contributed by atoms with Gasteiger partial charge >= 0.3 is 0 Å². The van der Waals surface area contributed by atoms with E-state index >= 15 is 0 Å². The highest BCUT2D eigenvalue weighted by molar-refractivity contribution is 5.85. The van der Waals surface area contributed by atoms with Gasteiger partial charge in [-0.15, -0.1) is 0 Å². The maximum absolute atomic E-state index is 12.0. The van der Waals surface area contributed by atoms with Crippen molar-refractivity contribution in [2.24, 2.45) is 11.1 Å². The Morgan fingerprint density at radius 3 is 2.53 bits per heavy atom. The van der Waals surface area contributed by atoms with Crippen molar-refractivity contribution in [3.8, 4) is 0 Å². The number of hydrogen-bond donors (Lipinski definition) is 2. The Morgan fingerprint density at radius 2 is 2.06 bits per heavy atom. The Morgan fingerprint density at radius 1 is 1.47 bits per heavy atom. The fourth-order valence-electron chi connectivity index (χ4n) is 2.16. The molecule has 17 heavy (non-hydrogen) atoms. The molecule has 1 heterocycles. The molecule has 0 aromatic heterocycles. The molecule has 1 rings (SSSR count). The number of nitrogens with zero attached hydrogens (tertiary/aromatic N) is 1. The van der Waals surface area contributed by atoms with Crippen molar-refractivity contribution in [2.45, 2.75) is 39.2 Å². The molecule has 1 fully saturated rings. The first kappa shape index (κ1) is 14.0. The van der Waals surface area contributed by atoms with Crippen LogP contribution in [0.15, 0.2) is 0 Å². The van der Waals surface area contributed by atoms with Crippen LogP contribution in [0.2, 0.25) is 0 Å². The standard InChI is InChI=1S/C12H23N3O2/c1-11(2,13)7-9(16)15-6-5-12(3,8-15)10(17)14-4/h5-8,13H2,1-4H3,(H,14,17). The summed E-state index contributed by atoms with van der Waals surface area (Å²) in [7, 11) is 1.63. The molecular weight excluding hydrogens is 218 g/mol. The lowest BCUT2D eigenvalue weighted by molar-refractivity contribution is -0.133. The van der Waals surface area contributed by atoms with Crippen molar-refractivity contribution < 1.29 is 9.59 Å². The van der Waals surface area contributed by atoms with Crippen molar-refractivity contribution in [3.63, 3.8) is 0 Å². The van der Waals surface area contributed by atoms with Gasteiger partial charge in [-0.3, -0.25) is 9.59 Å². The van der Waals surface area contributed by atoms with Gasteiger partial charge in [0.25, 0.3) is 0 Å². The molecule has 2 amide bonds. The summed E-state index contributed by atoms with van der Waals surface area (Å²) >= 11 is 0. The molecule has 98 valence electrons. The van der Waals surface area contributed by atoms with E-state index in [0.29, 0.717) is 25.9 Å². The van der Waals surface area contributed by atoms with Gasteiger partial charge in [-0.25, -0.2) is 0 Å². The zero-order valence-electron chi connectivity index (χ0n) is 11.2. The number of nitrogens with one attached hydrogen (secondary N) is 1. The molecule has 0 bridgehead atoms. The van der Waals surface area contributed by atoms with Crippen LogP contribution in [-0.4, -0.2) is 42.4 Å². The zero-order chi connectivity index (χ0) is 13.3. The average Bonchev–Trinajstić information content (AvgIpc) is 2.58. The predicted octanol–water partition coefficient (Wildman–Crippen LogP) is 0.0984. The summed E-state index contributed by atoms with van der Waals surface area (Å²) in [6.45, 7) is 6.69. The Kier molecular flexibility index (Phi) is 3.81. The van der Waals surface area contributed by atoms with E-state index in [2.05, 4.69) is 5.32 Å². The number of carbonyl (C=O) groups excluding carboxylic acids is 2. The molecule has 1 aliphatic rings. The van der Waals surface area contributed by atoms with Crippen molar-refractivity contribution in [3.05, 3.63) is 0 Å². The SMILES string of the molecule is CNC(=O)C1(C)CCN(C(=O)CC(C)(C)N)C1. The largest absolute Gasteiger partial charge is 0.359 e. The Balaban J connectivity index is 2.62. The number of hydrogen-bond acceptors (Lipinski definition) is 3. The fourth-order valence-corrected chi connectivity index (χ4v) is 2.16. The highest BCUT2D eigenvalue weighted by atomic mass is 16.2. The van der Waals surface area contributed by atoms with Crippen LogP contribution in [0.4, 0.5) is 0 Å². The van der Waals surface area contributed by atoms with Crippen molar-refractivity contribution in [2.75, 3.05) is 20.1 Å². The first-order valence-corrected chi connectivity index (χ1v) is 5.97. The minimum absolute atomic E-state index is 0.000177. The third kappa shape index (κ3) is 3.43. The molecule has 0 aliphatic carbocycles. The number of amides is 2. The summed E-state index contributed by atoms with van der Waals surface area (Å²) in [5, 5.41) is 2.65. The van der Waals surface area contributed by atoms with E-state index in [1.54, 1.807) is 11.9 Å². The zero-order valence-corrected chi connectivity index (χ0v) is 11.2. The lowest BCUT2D eigenvalue weighted by atomic mass is 9.89. The molecule has 0 aromatic carbocycles. The molecule has 0 radical (unpaired) electrons. The van der Waals surface area contributed by atoms with Crippen LogP contribution in [-0.2, 0) is 9.59 Å². The monoisotopic (exact) mass is 241 g/mol. The van der Waals surface area contributed by atoms with E-state index in [-0.39, 0.29) is 11.8 Å². The van der Waals surface area contributed by atoms with Gasteiger partial charge in [0.2, 0.25) is 11.8 Å². The van der Waals surface area contributed by atoms with E-state index in [1.807, 2.05) is 20.8 Å². The topological polar surface area (TPSA) is 75.4 Å². The summed E-state index contributed by atoms with van der Waals surface area (Å²) < 4.78 is 0. The maximum Gasteiger partial charge on any atom is 0.227 e. The minimum atomic E-state index is -0.497. The van der Waals surface area contributed by atoms with E-state index in [4.69, 9.17) is 5.73 Å². The molecule has 0 aromatic rings. The summed E-state index contributed by atoms with van der Waals surface area (Å²) in [4.78, 5) is 25.4. The predicted molar refractivity (Wildman–Crippen MR) is 66.3 cm³/mol. The normalized spacial score (nSPS) is 24.9. The van der Waals surface area contributed by atoms with Crippen LogP contribution in [0, 0.1) is 5.41 Å². The van der Waals surface area contributed by atoms with Gasteiger partial charge in [0.1, 0.15) is 0 Å². The van der Waals surface area contributed by atoms with Crippen molar-refractivity contribution >= 4 is 11.8 Å². The summed E-state index contributed by atoms with van der Waals surface area (Å²) in [6, 6.07) is 0. The number of nitrogens with two attached hydrogens (primary N) is 1. The minimum Gasteiger partial charge on any atom is -0.359 e. The van der Waals surface area contributed by atoms with Gasteiger partial charge in [0.05, 0.1) is 5.41 Å². The second kappa shape index (κ2) is 4.64. The molecule has 1 aliphatic heterocycles. The summed E-state index contributed by atoms with van der Waals surface area (Å²) in [5.74, 6) is 0.0323. The van der Waals surface area contributed by atoms with Gasteiger partial charge < -0.3 is 16.0 Å². The van der Waals surface area contributed by atoms with Gasteiger partial charge in [0.15, 0.2) is 0 Å². The molecule has 5 nitrogen and oxygen atoms in total. The molecule has 1 unspecified atom stereocenters. The van der Waals surface area contributed by atoms with Crippen LogP contribution in [0.25, 0.3) is 0 Å². The van der Waals surface area contributed by atoms with Crippen molar-refractivity contribution in [1.82, 2.24) is 10.2 Å². The van der Waals surface area contributed by atoms with E-state index < -0.39 is 11.0 Å². The van der Waals surface area contributed by atoms with E-state index in [1.165, 1.54) is 0 Å². The Labute approximate surface area is 103 Å². The van der Waals surface area contributed by atoms with Crippen LogP contribution < -0.4 is 11.1 Å². The van der Waals surface area contributed by atoms with E-state index in [9.17, 15) is 9.59 Å². The Hall–Kier alpha value is -1.10. The number of carbonyl (C=O) groups is 2. The van der Waals surface area contributed by atoms with E-state index in [0.717, 1.165) is 0 Å². The third-order valence-corrected chi connectivity index (χ3v) is 3.21. The molecule has 0 spiro atoms. The first-order chi connectivity index (χ1) is 7.68.